The van der Waals surface area contributed by atoms with Gasteiger partial charge in [-0.15, -0.1) is 12.4 Å². The molecule has 0 amide bonds. The first-order valence-electron chi connectivity index (χ1n) is 10.7. The molecule has 2 nitrogen and oxygen atoms in total. The van der Waals surface area contributed by atoms with E-state index in [4.69, 9.17) is 0 Å². The SMILES string of the molecule is CC(=O)c1ccccc1N1CCC(=C2c3ccccc3C=Cc3ccccc32)CC1.Cl. The minimum Gasteiger partial charge on any atom is -0.370 e. The van der Waals surface area contributed by atoms with E-state index < -0.39 is 0 Å². The summed E-state index contributed by atoms with van der Waals surface area (Å²) in [5.41, 5.74) is 10.00. The number of piperidine rings is 1. The van der Waals surface area contributed by atoms with Crippen LogP contribution >= 0.6 is 12.4 Å². The van der Waals surface area contributed by atoms with E-state index in [0.29, 0.717) is 0 Å². The Morgan fingerprint density at radius 2 is 1.26 bits per heavy atom. The first-order valence-corrected chi connectivity index (χ1v) is 10.7. The lowest BCUT2D eigenvalue weighted by Crippen LogP contribution is -2.32. The van der Waals surface area contributed by atoms with E-state index in [2.05, 4.69) is 71.6 Å². The Morgan fingerprint density at radius 1 is 0.742 bits per heavy atom. The van der Waals surface area contributed by atoms with Gasteiger partial charge in [0.25, 0.3) is 0 Å². The number of para-hydroxylation sites is 1. The zero-order chi connectivity index (χ0) is 20.5. The third-order valence-electron chi connectivity index (χ3n) is 6.25. The molecule has 1 aliphatic carbocycles. The van der Waals surface area contributed by atoms with E-state index >= 15 is 0 Å². The first-order chi connectivity index (χ1) is 14.7. The lowest BCUT2D eigenvalue weighted by atomic mass is 9.86. The Hall–Kier alpha value is -3.10. The molecule has 1 heterocycles. The number of Topliss-reactive ketones (excluding diaryl/α,β-unsaturated/α-hetero) is 1. The Balaban J connectivity index is 0.00000231. The van der Waals surface area contributed by atoms with Crippen LogP contribution in [0.2, 0.25) is 0 Å². The van der Waals surface area contributed by atoms with Crippen molar-refractivity contribution in [1.82, 2.24) is 0 Å². The Morgan fingerprint density at radius 3 is 1.84 bits per heavy atom. The van der Waals surface area contributed by atoms with Gasteiger partial charge in [0.1, 0.15) is 0 Å². The molecule has 3 heteroatoms. The van der Waals surface area contributed by atoms with Gasteiger partial charge in [0.15, 0.2) is 5.78 Å². The quantitative estimate of drug-likeness (QED) is 0.324. The lowest BCUT2D eigenvalue weighted by Gasteiger charge is -2.33. The van der Waals surface area contributed by atoms with Crippen LogP contribution < -0.4 is 4.90 Å². The van der Waals surface area contributed by atoms with Crippen molar-refractivity contribution in [3.05, 3.63) is 106 Å². The van der Waals surface area contributed by atoms with Gasteiger partial charge >= 0.3 is 0 Å². The van der Waals surface area contributed by atoms with Gasteiger partial charge in [-0.05, 0) is 59.7 Å². The molecule has 1 saturated heterocycles. The number of anilines is 1. The molecule has 0 radical (unpaired) electrons. The second-order valence-corrected chi connectivity index (χ2v) is 8.05. The molecule has 156 valence electrons. The highest BCUT2D eigenvalue weighted by Crippen LogP contribution is 2.39. The number of ketones is 1. The summed E-state index contributed by atoms with van der Waals surface area (Å²) in [6, 6.07) is 25.4. The molecule has 2 aliphatic rings. The van der Waals surface area contributed by atoms with Crippen molar-refractivity contribution in [2.75, 3.05) is 18.0 Å². The maximum atomic E-state index is 12.1. The molecule has 0 bridgehead atoms. The van der Waals surface area contributed by atoms with Crippen LogP contribution in [0.25, 0.3) is 17.7 Å². The molecule has 5 rings (SSSR count). The normalized spacial score (nSPS) is 14.9. The molecule has 0 saturated carbocycles. The molecule has 0 spiro atoms. The van der Waals surface area contributed by atoms with Gasteiger partial charge in [0.2, 0.25) is 0 Å². The fourth-order valence-electron chi connectivity index (χ4n) is 4.76. The molecular formula is C28H26ClNO. The first kappa shape index (κ1) is 21.1. The monoisotopic (exact) mass is 427 g/mol. The molecule has 0 N–H and O–H groups in total. The molecule has 0 unspecified atom stereocenters. The minimum atomic E-state index is 0. The van der Waals surface area contributed by atoms with Crippen LogP contribution in [0.5, 0.6) is 0 Å². The number of hydrogen-bond donors (Lipinski definition) is 0. The van der Waals surface area contributed by atoms with E-state index in [9.17, 15) is 4.79 Å². The average Bonchev–Trinajstić information content (AvgIpc) is 2.96. The van der Waals surface area contributed by atoms with Gasteiger partial charge < -0.3 is 4.90 Å². The zero-order valence-electron chi connectivity index (χ0n) is 17.7. The van der Waals surface area contributed by atoms with Crippen molar-refractivity contribution in [2.24, 2.45) is 0 Å². The number of rotatable bonds is 2. The van der Waals surface area contributed by atoms with Crippen molar-refractivity contribution < 1.29 is 4.79 Å². The van der Waals surface area contributed by atoms with E-state index in [1.807, 2.05) is 18.2 Å². The van der Waals surface area contributed by atoms with Crippen molar-refractivity contribution >= 4 is 41.6 Å². The second-order valence-electron chi connectivity index (χ2n) is 8.05. The summed E-state index contributed by atoms with van der Waals surface area (Å²) < 4.78 is 0. The predicted molar refractivity (Wildman–Crippen MR) is 133 cm³/mol. The molecule has 3 aromatic rings. The topological polar surface area (TPSA) is 20.3 Å². The molecule has 1 aliphatic heterocycles. The maximum absolute atomic E-state index is 12.1. The van der Waals surface area contributed by atoms with Gasteiger partial charge in [-0.1, -0.05) is 78.4 Å². The van der Waals surface area contributed by atoms with Gasteiger partial charge in [-0.3, -0.25) is 4.79 Å². The summed E-state index contributed by atoms with van der Waals surface area (Å²) in [6.07, 6.45) is 6.48. The standard InChI is InChI=1S/C28H25NO.ClH/c1-20(30)24-10-6-7-13-27(24)29-18-16-23(17-19-29)28-25-11-4-2-8-21(25)14-15-22-9-3-5-12-26(22)28;/h2-15H,16-19H2,1H3;1H. The lowest BCUT2D eigenvalue weighted by molar-refractivity contribution is 0.101. The number of nitrogens with zero attached hydrogens (tertiary/aromatic N) is 1. The number of benzene rings is 3. The van der Waals surface area contributed by atoms with E-state index in [1.54, 1.807) is 6.92 Å². The summed E-state index contributed by atoms with van der Waals surface area (Å²) in [5.74, 6) is 0.132. The molecule has 3 aromatic carbocycles. The van der Waals surface area contributed by atoms with Crippen LogP contribution in [0.15, 0.2) is 78.4 Å². The highest BCUT2D eigenvalue weighted by atomic mass is 35.5. The van der Waals surface area contributed by atoms with Crippen LogP contribution in [0, 0.1) is 0 Å². The van der Waals surface area contributed by atoms with Gasteiger partial charge in [-0.25, -0.2) is 0 Å². The molecule has 0 aromatic heterocycles. The number of halogens is 1. The van der Waals surface area contributed by atoms with Crippen molar-refractivity contribution in [2.45, 2.75) is 19.8 Å². The predicted octanol–water partition coefficient (Wildman–Crippen LogP) is 6.90. The van der Waals surface area contributed by atoms with Gasteiger partial charge in [0.05, 0.1) is 0 Å². The van der Waals surface area contributed by atoms with E-state index in [-0.39, 0.29) is 18.2 Å². The van der Waals surface area contributed by atoms with Crippen molar-refractivity contribution in [3.8, 4) is 0 Å². The maximum Gasteiger partial charge on any atom is 0.161 e. The van der Waals surface area contributed by atoms with Gasteiger partial charge in [-0.2, -0.15) is 0 Å². The summed E-state index contributed by atoms with van der Waals surface area (Å²) in [4.78, 5) is 14.5. The minimum absolute atomic E-state index is 0. The van der Waals surface area contributed by atoms with Gasteiger partial charge in [0, 0.05) is 24.3 Å². The number of carbonyl (C=O) groups excluding carboxylic acids is 1. The Labute approximate surface area is 190 Å². The Bertz CT molecular complexity index is 1130. The molecule has 1 fully saturated rings. The Kier molecular flexibility index (Phi) is 6.11. The summed E-state index contributed by atoms with van der Waals surface area (Å²) in [5, 5.41) is 0. The molecule has 0 atom stereocenters. The highest BCUT2D eigenvalue weighted by molar-refractivity contribution is 6.00. The summed E-state index contributed by atoms with van der Waals surface area (Å²) in [7, 11) is 0. The van der Waals surface area contributed by atoms with Crippen LogP contribution in [0.3, 0.4) is 0 Å². The summed E-state index contributed by atoms with van der Waals surface area (Å²) in [6.45, 7) is 3.52. The fraction of sp³-hybridized carbons (Fsp3) is 0.179. The number of hydrogen-bond acceptors (Lipinski definition) is 2. The van der Waals surface area contributed by atoms with E-state index in [1.165, 1.54) is 33.4 Å². The van der Waals surface area contributed by atoms with Crippen molar-refractivity contribution in [1.29, 1.82) is 0 Å². The van der Waals surface area contributed by atoms with Crippen LogP contribution in [-0.2, 0) is 0 Å². The third kappa shape index (κ3) is 3.96. The summed E-state index contributed by atoms with van der Waals surface area (Å²) >= 11 is 0. The highest BCUT2D eigenvalue weighted by Gasteiger charge is 2.23. The van der Waals surface area contributed by atoms with Crippen LogP contribution in [-0.4, -0.2) is 18.9 Å². The smallest absolute Gasteiger partial charge is 0.161 e. The molecule has 31 heavy (non-hydrogen) atoms. The number of carbonyl (C=O) groups is 1. The van der Waals surface area contributed by atoms with E-state index in [0.717, 1.165) is 37.2 Å². The molecular weight excluding hydrogens is 402 g/mol. The van der Waals surface area contributed by atoms with Crippen LogP contribution in [0.1, 0.15) is 52.4 Å². The largest absolute Gasteiger partial charge is 0.370 e. The third-order valence-corrected chi connectivity index (χ3v) is 6.25. The number of fused-ring (bicyclic) bond motifs is 2. The van der Waals surface area contributed by atoms with Crippen molar-refractivity contribution in [3.63, 3.8) is 0 Å². The van der Waals surface area contributed by atoms with Crippen LogP contribution in [0.4, 0.5) is 5.69 Å². The average molecular weight is 428 g/mol. The second kappa shape index (κ2) is 8.95. The fourth-order valence-corrected chi connectivity index (χ4v) is 4.76. The zero-order valence-corrected chi connectivity index (χ0v) is 18.5.